The molecule has 2 aromatic rings. The van der Waals surface area contributed by atoms with Crippen molar-refractivity contribution in [1.29, 1.82) is 0 Å². The fourth-order valence-corrected chi connectivity index (χ4v) is 3.38. The average molecular weight is 342 g/mol. The zero-order chi connectivity index (χ0) is 17.6. The van der Waals surface area contributed by atoms with Crippen molar-refractivity contribution in [2.45, 2.75) is 6.04 Å². The molecule has 1 aliphatic heterocycles. The monoisotopic (exact) mass is 342 g/mol. The summed E-state index contributed by atoms with van der Waals surface area (Å²) in [6.45, 7) is 3.94. The summed E-state index contributed by atoms with van der Waals surface area (Å²) in [5.74, 6) is 2.50. The Bertz CT molecular complexity index is 699. The first-order valence-corrected chi connectivity index (χ1v) is 8.57. The first-order valence-electron chi connectivity index (χ1n) is 8.57. The van der Waals surface area contributed by atoms with Crippen LogP contribution in [0.15, 0.2) is 42.5 Å². The van der Waals surface area contributed by atoms with Crippen molar-refractivity contribution in [3.63, 3.8) is 0 Å². The molecule has 0 saturated carbocycles. The van der Waals surface area contributed by atoms with Gasteiger partial charge in [0, 0.05) is 37.8 Å². The minimum atomic E-state index is 0.109. The van der Waals surface area contributed by atoms with E-state index in [1.54, 1.807) is 21.3 Å². The van der Waals surface area contributed by atoms with Crippen LogP contribution in [0, 0.1) is 0 Å². The minimum absolute atomic E-state index is 0.109. The number of piperazine rings is 1. The highest BCUT2D eigenvalue weighted by molar-refractivity contribution is 5.47. The van der Waals surface area contributed by atoms with E-state index in [1.807, 2.05) is 24.3 Å². The lowest BCUT2D eigenvalue weighted by atomic mass is 9.95. The standard InChI is InChI=1S/C20H26N2O3/c1-23-16-6-4-5-15(13-16)20(22-11-9-21-10-12-22)18-8-7-17(24-2)14-19(18)25-3/h4-8,13-14,20-21H,9-12H2,1-3H3. The van der Waals surface area contributed by atoms with Gasteiger partial charge in [-0.1, -0.05) is 12.1 Å². The van der Waals surface area contributed by atoms with Crippen molar-refractivity contribution < 1.29 is 14.2 Å². The van der Waals surface area contributed by atoms with Gasteiger partial charge in [0.2, 0.25) is 0 Å². The van der Waals surface area contributed by atoms with Gasteiger partial charge < -0.3 is 19.5 Å². The zero-order valence-electron chi connectivity index (χ0n) is 15.1. The molecule has 1 fully saturated rings. The topological polar surface area (TPSA) is 43.0 Å². The molecule has 0 aromatic heterocycles. The lowest BCUT2D eigenvalue weighted by Crippen LogP contribution is -2.45. The number of benzene rings is 2. The Morgan fingerprint density at radius 1 is 0.880 bits per heavy atom. The molecule has 5 nitrogen and oxygen atoms in total. The Balaban J connectivity index is 2.07. The fourth-order valence-electron chi connectivity index (χ4n) is 3.38. The first kappa shape index (κ1) is 17.6. The molecule has 1 aliphatic rings. The lowest BCUT2D eigenvalue weighted by Gasteiger charge is -2.36. The zero-order valence-corrected chi connectivity index (χ0v) is 15.1. The van der Waals surface area contributed by atoms with Crippen molar-refractivity contribution in [2.24, 2.45) is 0 Å². The molecule has 2 aromatic carbocycles. The molecule has 1 saturated heterocycles. The normalized spacial score (nSPS) is 16.3. The Kier molecular flexibility index (Phi) is 5.79. The molecule has 0 amide bonds. The van der Waals surface area contributed by atoms with Gasteiger partial charge in [0.25, 0.3) is 0 Å². The van der Waals surface area contributed by atoms with Crippen molar-refractivity contribution in [2.75, 3.05) is 47.5 Å². The van der Waals surface area contributed by atoms with Crippen LogP contribution in [0.2, 0.25) is 0 Å². The third-order valence-corrected chi connectivity index (χ3v) is 4.66. The Labute approximate surface area is 149 Å². The van der Waals surface area contributed by atoms with Gasteiger partial charge in [-0.2, -0.15) is 0 Å². The summed E-state index contributed by atoms with van der Waals surface area (Å²) >= 11 is 0. The first-order chi connectivity index (χ1) is 12.3. The van der Waals surface area contributed by atoms with Gasteiger partial charge >= 0.3 is 0 Å². The van der Waals surface area contributed by atoms with Crippen molar-refractivity contribution in [3.8, 4) is 17.2 Å². The van der Waals surface area contributed by atoms with Crippen molar-refractivity contribution in [3.05, 3.63) is 53.6 Å². The number of hydrogen-bond donors (Lipinski definition) is 1. The highest BCUT2D eigenvalue weighted by Gasteiger charge is 2.27. The molecule has 0 spiro atoms. The number of methoxy groups -OCH3 is 3. The van der Waals surface area contributed by atoms with E-state index < -0.39 is 0 Å². The van der Waals surface area contributed by atoms with Gasteiger partial charge in [-0.25, -0.2) is 0 Å². The third kappa shape index (κ3) is 3.89. The van der Waals surface area contributed by atoms with Gasteiger partial charge in [-0.05, 0) is 29.8 Å². The molecule has 1 atom stereocenters. The summed E-state index contributed by atoms with van der Waals surface area (Å²) in [5.41, 5.74) is 2.34. The molecule has 5 heteroatoms. The molecule has 1 N–H and O–H groups in total. The van der Waals surface area contributed by atoms with Gasteiger partial charge in [-0.15, -0.1) is 0 Å². The van der Waals surface area contributed by atoms with E-state index in [9.17, 15) is 0 Å². The lowest BCUT2D eigenvalue weighted by molar-refractivity contribution is 0.195. The number of nitrogens with one attached hydrogen (secondary N) is 1. The minimum Gasteiger partial charge on any atom is -0.497 e. The smallest absolute Gasteiger partial charge is 0.127 e. The van der Waals surface area contributed by atoms with Crippen LogP contribution in [0.3, 0.4) is 0 Å². The van der Waals surface area contributed by atoms with Crippen LogP contribution >= 0.6 is 0 Å². The van der Waals surface area contributed by atoms with Gasteiger partial charge in [-0.3, -0.25) is 4.90 Å². The van der Waals surface area contributed by atoms with Crippen LogP contribution in [-0.2, 0) is 0 Å². The maximum Gasteiger partial charge on any atom is 0.127 e. The molecule has 25 heavy (non-hydrogen) atoms. The maximum atomic E-state index is 5.68. The quantitative estimate of drug-likeness (QED) is 0.874. The van der Waals surface area contributed by atoms with Gasteiger partial charge in [0.1, 0.15) is 17.2 Å². The van der Waals surface area contributed by atoms with E-state index in [2.05, 4.69) is 28.4 Å². The molecule has 1 heterocycles. The van der Waals surface area contributed by atoms with Crippen LogP contribution in [0.4, 0.5) is 0 Å². The van der Waals surface area contributed by atoms with Gasteiger partial charge in [0.15, 0.2) is 0 Å². The van der Waals surface area contributed by atoms with E-state index >= 15 is 0 Å². The average Bonchev–Trinajstić information content (AvgIpc) is 2.69. The van der Waals surface area contributed by atoms with Crippen LogP contribution in [0.5, 0.6) is 17.2 Å². The second-order valence-corrected chi connectivity index (χ2v) is 6.07. The van der Waals surface area contributed by atoms with E-state index in [1.165, 1.54) is 5.56 Å². The Hall–Kier alpha value is -2.24. The highest BCUT2D eigenvalue weighted by atomic mass is 16.5. The molecule has 0 radical (unpaired) electrons. The molecule has 0 aliphatic carbocycles. The summed E-state index contributed by atoms with van der Waals surface area (Å²) < 4.78 is 16.5. The van der Waals surface area contributed by atoms with Crippen molar-refractivity contribution >= 4 is 0 Å². The molecule has 134 valence electrons. The van der Waals surface area contributed by atoms with E-state index in [4.69, 9.17) is 14.2 Å². The molecule has 1 unspecified atom stereocenters. The SMILES string of the molecule is COc1cccc(C(c2ccc(OC)cc2OC)N2CCNCC2)c1. The number of hydrogen-bond acceptors (Lipinski definition) is 5. The Morgan fingerprint density at radius 3 is 2.28 bits per heavy atom. The number of ether oxygens (including phenoxy) is 3. The van der Waals surface area contributed by atoms with Crippen molar-refractivity contribution in [1.82, 2.24) is 10.2 Å². The van der Waals surface area contributed by atoms with Crippen LogP contribution in [0.1, 0.15) is 17.2 Å². The second-order valence-electron chi connectivity index (χ2n) is 6.07. The van der Waals surface area contributed by atoms with Gasteiger partial charge in [0.05, 0.1) is 27.4 Å². The maximum absolute atomic E-state index is 5.68. The third-order valence-electron chi connectivity index (χ3n) is 4.66. The second kappa shape index (κ2) is 8.23. The molecular formula is C20H26N2O3. The fraction of sp³-hybridized carbons (Fsp3) is 0.400. The number of rotatable bonds is 6. The molecule has 3 rings (SSSR count). The van der Waals surface area contributed by atoms with Crippen LogP contribution in [-0.4, -0.2) is 52.4 Å². The highest BCUT2D eigenvalue weighted by Crippen LogP contribution is 2.37. The molecule has 0 bridgehead atoms. The predicted octanol–water partition coefficient (Wildman–Crippen LogP) is 2.71. The summed E-state index contributed by atoms with van der Waals surface area (Å²) in [5, 5.41) is 3.42. The van der Waals surface area contributed by atoms with Crippen LogP contribution < -0.4 is 19.5 Å². The summed E-state index contributed by atoms with van der Waals surface area (Å²) in [7, 11) is 5.08. The molecular weight excluding hydrogens is 316 g/mol. The van der Waals surface area contributed by atoms with E-state index in [-0.39, 0.29) is 6.04 Å². The van der Waals surface area contributed by atoms with E-state index in [0.29, 0.717) is 0 Å². The summed E-state index contributed by atoms with van der Waals surface area (Å²) in [4.78, 5) is 2.48. The van der Waals surface area contributed by atoms with Crippen LogP contribution in [0.25, 0.3) is 0 Å². The van der Waals surface area contributed by atoms with E-state index in [0.717, 1.165) is 49.0 Å². The summed E-state index contributed by atoms with van der Waals surface area (Å²) in [6.07, 6.45) is 0. The number of nitrogens with zero attached hydrogens (tertiary/aromatic N) is 1. The predicted molar refractivity (Wildman–Crippen MR) is 98.8 cm³/mol. The largest absolute Gasteiger partial charge is 0.497 e. The Morgan fingerprint density at radius 2 is 1.60 bits per heavy atom. The summed E-state index contributed by atoms with van der Waals surface area (Å²) in [6, 6.07) is 14.4.